The van der Waals surface area contributed by atoms with Gasteiger partial charge in [-0.05, 0) is 36.2 Å². The molecule has 1 fully saturated rings. The Morgan fingerprint density at radius 2 is 2.10 bits per heavy atom. The van der Waals surface area contributed by atoms with Gasteiger partial charge in [0.2, 0.25) is 5.91 Å². The summed E-state index contributed by atoms with van der Waals surface area (Å²) in [7, 11) is 3.50. The fraction of sp³-hybridized carbons (Fsp3) is 0.353. The van der Waals surface area contributed by atoms with Crippen LogP contribution in [0.2, 0.25) is 0 Å². The van der Waals surface area contributed by atoms with Crippen LogP contribution in [0.4, 0.5) is 0 Å². The summed E-state index contributed by atoms with van der Waals surface area (Å²) < 4.78 is 10.5. The summed E-state index contributed by atoms with van der Waals surface area (Å²) in [5.41, 5.74) is 1.10. The number of carbonyl (C=O) groups excluding carboxylic acids is 1. The van der Waals surface area contributed by atoms with Gasteiger partial charge in [-0.25, -0.2) is 0 Å². The molecule has 2 unspecified atom stereocenters. The zero-order valence-corrected chi connectivity index (χ0v) is 12.3. The van der Waals surface area contributed by atoms with Crippen molar-refractivity contribution in [3.63, 3.8) is 0 Å². The third-order valence-electron chi connectivity index (χ3n) is 3.97. The first-order valence-electron chi connectivity index (χ1n) is 7.10. The lowest BCUT2D eigenvalue weighted by atomic mass is 10.2. The number of hydrogen-bond donors (Lipinski definition) is 0. The van der Waals surface area contributed by atoms with Crippen LogP contribution in [0, 0.1) is 5.92 Å². The third-order valence-corrected chi connectivity index (χ3v) is 3.97. The molecule has 2 atom stereocenters. The Morgan fingerprint density at radius 3 is 2.71 bits per heavy atom. The molecule has 1 aliphatic carbocycles. The van der Waals surface area contributed by atoms with Crippen molar-refractivity contribution in [2.45, 2.75) is 18.9 Å². The van der Waals surface area contributed by atoms with E-state index in [9.17, 15) is 4.79 Å². The number of amides is 1. The lowest BCUT2D eigenvalue weighted by Gasteiger charge is -2.17. The van der Waals surface area contributed by atoms with E-state index in [1.807, 2.05) is 43.4 Å². The number of carbonyl (C=O) groups is 1. The number of ether oxygens (including phenoxy) is 1. The van der Waals surface area contributed by atoms with Gasteiger partial charge in [-0.15, -0.1) is 0 Å². The molecule has 4 nitrogen and oxygen atoms in total. The highest BCUT2D eigenvalue weighted by atomic mass is 16.5. The highest BCUT2D eigenvalue weighted by molar-refractivity contribution is 5.82. The van der Waals surface area contributed by atoms with Crippen molar-refractivity contribution in [3.8, 4) is 5.75 Å². The zero-order chi connectivity index (χ0) is 14.8. The second-order valence-electron chi connectivity index (χ2n) is 5.51. The number of methoxy groups -OCH3 is 1. The average Bonchev–Trinajstić information content (AvgIpc) is 3.12. The normalized spacial score (nSPS) is 20.1. The largest absolute Gasteiger partial charge is 0.497 e. The molecule has 0 N–H and O–H groups in total. The van der Waals surface area contributed by atoms with Crippen LogP contribution in [-0.2, 0) is 11.3 Å². The zero-order valence-electron chi connectivity index (χ0n) is 12.3. The molecule has 21 heavy (non-hydrogen) atoms. The molecule has 1 saturated carbocycles. The number of furan rings is 1. The predicted octanol–water partition coefficient (Wildman–Crippen LogP) is 3.05. The van der Waals surface area contributed by atoms with Gasteiger partial charge in [-0.1, -0.05) is 12.1 Å². The molecule has 1 aromatic carbocycles. The van der Waals surface area contributed by atoms with Gasteiger partial charge in [0, 0.05) is 25.4 Å². The second-order valence-corrected chi connectivity index (χ2v) is 5.51. The van der Waals surface area contributed by atoms with Gasteiger partial charge in [0.25, 0.3) is 0 Å². The third kappa shape index (κ3) is 2.94. The van der Waals surface area contributed by atoms with Crippen LogP contribution in [0.15, 0.2) is 47.1 Å². The minimum Gasteiger partial charge on any atom is -0.497 e. The van der Waals surface area contributed by atoms with Crippen molar-refractivity contribution >= 4 is 5.91 Å². The standard InChI is InChI=1S/C17H19NO3/c1-18(11-12-5-7-13(20-2)8-6-12)17(19)15-10-14(15)16-4-3-9-21-16/h3-9,14-15H,10-11H2,1-2H3. The molecule has 0 aliphatic heterocycles. The Bertz CT molecular complexity index is 603. The maximum Gasteiger partial charge on any atom is 0.226 e. The number of rotatable bonds is 5. The minimum absolute atomic E-state index is 0.0689. The quantitative estimate of drug-likeness (QED) is 0.848. The molecule has 1 aliphatic rings. The maximum absolute atomic E-state index is 12.4. The second kappa shape index (κ2) is 5.64. The Balaban J connectivity index is 1.58. The molecule has 2 aromatic rings. The SMILES string of the molecule is COc1ccc(CN(C)C(=O)C2CC2c2ccco2)cc1. The van der Waals surface area contributed by atoms with E-state index in [2.05, 4.69) is 0 Å². The van der Waals surface area contributed by atoms with Crippen molar-refractivity contribution in [1.82, 2.24) is 4.90 Å². The number of hydrogen-bond acceptors (Lipinski definition) is 3. The fourth-order valence-corrected chi connectivity index (χ4v) is 2.65. The van der Waals surface area contributed by atoms with Gasteiger partial charge in [-0.3, -0.25) is 4.79 Å². The molecule has 0 radical (unpaired) electrons. The molecule has 3 rings (SSSR count). The minimum atomic E-state index is 0.0689. The van der Waals surface area contributed by atoms with E-state index in [-0.39, 0.29) is 17.7 Å². The molecule has 0 saturated heterocycles. The lowest BCUT2D eigenvalue weighted by molar-refractivity contribution is -0.131. The predicted molar refractivity (Wildman–Crippen MR) is 79.0 cm³/mol. The summed E-state index contributed by atoms with van der Waals surface area (Å²) >= 11 is 0. The Kier molecular flexibility index (Phi) is 3.69. The van der Waals surface area contributed by atoms with Crippen LogP contribution in [0.5, 0.6) is 5.75 Å². The van der Waals surface area contributed by atoms with Gasteiger partial charge in [0.15, 0.2) is 0 Å². The van der Waals surface area contributed by atoms with E-state index in [4.69, 9.17) is 9.15 Å². The van der Waals surface area contributed by atoms with Gasteiger partial charge >= 0.3 is 0 Å². The van der Waals surface area contributed by atoms with Crippen molar-refractivity contribution in [3.05, 3.63) is 54.0 Å². The van der Waals surface area contributed by atoms with Gasteiger partial charge in [0.05, 0.1) is 13.4 Å². The molecule has 110 valence electrons. The summed E-state index contributed by atoms with van der Waals surface area (Å²) in [5, 5.41) is 0. The topological polar surface area (TPSA) is 42.7 Å². The monoisotopic (exact) mass is 285 g/mol. The molecule has 4 heteroatoms. The summed E-state index contributed by atoms with van der Waals surface area (Å²) in [4.78, 5) is 14.2. The smallest absolute Gasteiger partial charge is 0.226 e. The average molecular weight is 285 g/mol. The first-order valence-corrected chi connectivity index (χ1v) is 7.10. The van der Waals surface area contributed by atoms with Crippen molar-refractivity contribution in [2.24, 2.45) is 5.92 Å². The van der Waals surface area contributed by atoms with Gasteiger partial charge < -0.3 is 14.1 Å². The van der Waals surface area contributed by atoms with E-state index < -0.39 is 0 Å². The van der Waals surface area contributed by atoms with Gasteiger partial charge in [-0.2, -0.15) is 0 Å². The van der Waals surface area contributed by atoms with Crippen LogP contribution in [0.1, 0.15) is 23.7 Å². The summed E-state index contributed by atoms with van der Waals surface area (Å²) in [6.07, 6.45) is 2.55. The van der Waals surface area contributed by atoms with Crippen molar-refractivity contribution < 1.29 is 13.9 Å². The number of benzene rings is 1. The van der Waals surface area contributed by atoms with Crippen LogP contribution in [0.25, 0.3) is 0 Å². The maximum atomic E-state index is 12.4. The van der Waals surface area contributed by atoms with Crippen LogP contribution >= 0.6 is 0 Å². The molecular weight excluding hydrogens is 266 g/mol. The Hall–Kier alpha value is -2.23. The van der Waals surface area contributed by atoms with Crippen LogP contribution in [0.3, 0.4) is 0 Å². The van der Waals surface area contributed by atoms with Crippen molar-refractivity contribution in [2.75, 3.05) is 14.2 Å². The van der Waals surface area contributed by atoms with E-state index >= 15 is 0 Å². The first-order chi connectivity index (χ1) is 10.2. The Morgan fingerprint density at radius 1 is 1.33 bits per heavy atom. The number of nitrogens with zero attached hydrogens (tertiary/aromatic N) is 1. The molecule has 0 spiro atoms. The first kappa shape index (κ1) is 13.7. The summed E-state index contributed by atoms with van der Waals surface area (Å²) in [5.74, 6) is 2.26. The van der Waals surface area contributed by atoms with Crippen molar-refractivity contribution in [1.29, 1.82) is 0 Å². The highest BCUT2D eigenvalue weighted by Crippen LogP contribution is 2.48. The highest BCUT2D eigenvalue weighted by Gasteiger charge is 2.46. The molecular formula is C17H19NO3. The summed E-state index contributed by atoms with van der Waals surface area (Å²) in [6.45, 7) is 0.615. The van der Waals surface area contributed by atoms with E-state index in [1.54, 1.807) is 18.3 Å². The molecule has 1 amide bonds. The Labute approximate surface area is 124 Å². The summed E-state index contributed by atoms with van der Waals surface area (Å²) in [6, 6.07) is 11.6. The molecule has 1 heterocycles. The fourth-order valence-electron chi connectivity index (χ4n) is 2.65. The van der Waals surface area contributed by atoms with E-state index in [0.29, 0.717) is 6.54 Å². The molecule has 0 bridgehead atoms. The lowest BCUT2D eigenvalue weighted by Crippen LogP contribution is -2.28. The van der Waals surface area contributed by atoms with E-state index in [1.165, 1.54) is 0 Å². The van der Waals surface area contributed by atoms with E-state index in [0.717, 1.165) is 23.5 Å². The van der Waals surface area contributed by atoms with Gasteiger partial charge in [0.1, 0.15) is 11.5 Å². The molecule has 1 aromatic heterocycles. The van der Waals surface area contributed by atoms with Crippen LogP contribution < -0.4 is 4.74 Å². The van der Waals surface area contributed by atoms with Crippen LogP contribution in [-0.4, -0.2) is 25.0 Å².